The van der Waals surface area contributed by atoms with Crippen molar-refractivity contribution in [1.82, 2.24) is 19.7 Å². The van der Waals surface area contributed by atoms with Gasteiger partial charge in [-0.05, 0) is 17.9 Å². The number of hydrogen-bond acceptors (Lipinski definition) is 4. The lowest BCUT2D eigenvalue weighted by Gasteiger charge is -2.16. The Bertz CT molecular complexity index is 561. The molecule has 0 saturated heterocycles. The summed E-state index contributed by atoms with van der Waals surface area (Å²) in [5, 5.41) is 12.1. The quantitative estimate of drug-likeness (QED) is 0.843. The van der Waals surface area contributed by atoms with Crippen LogP contribution in [0.1, 0.15) is 28.4 Å². The predicted molar refractivity (Wildman–Crippen MR) is 68.5 cm³/mol. The van der Waals surface area contributed by atoms with Crippen molar-refractivity contribution in [2.24, 2.45) is 0 Å². The van der Waals surface area contributed by atoms with Crippen molar-refractivity contribution in [1.29, 1.82) is 0 Å². The molecule has 3 heterocycles. The highest BCUT2D eigenvalue weighted by atomic mass is 32.1. The van der Waals surface area contributed by atoms with E-state index in [1.54, 1.807) is 11.9 Å². The molecule has 1 amide bonds. The minimum atomic E-state index is 0.0339. The van der Waals surface area contributed by atoms with E-state index in [0.29, 0.717) is 6.54 Å². The van der Waals surface area contributed by atoms with E-state index in [1.165, 1.54) is 11.3 Å². The smallest absolute Gasteiger partial charge is 0.254 e. The Hall–Kier alpha value is -1.69. The number of rotatable bonds is 3. The van der Waals surface area contributed by atoms with Crippen LogP contribution in [0, 0.1) is 0 Å². The Labute approximate surface area is 109 Å². The van der Waals surface area contributed by atoms with E-state index in [2.05, 4.69) is 14.8 Å². The summed E-state index contributed by atoms with van der Waals surface area (Å²) >= 11 is 1.53. The minimum Gasteiger partial charge on any atom is -0.334 e. The number of hydrogen-bond donors (Lipinski definition) is 0. The summed E-state index contributed by atoms with van der Waals surface area (Å²) in [6.07, 6.45) is 2.12. The van der Waals surface area contributed by atoms with Gasteiger partial charge in [-0.3, -0.25) is 4.79 Å². The fraction of sp³-hybridized carbons (Fsp3) is 0.417. The molecule has 0 atom stereocenters. The third-order valence-electron chi connectivity index (χ3n) is 3.18. The van der Waals surface area contributed by atoms with E-state index in [9.17, 15) is 4.79 Å². The second-order valence-electron chi connectivity index (χ2n) is 4.46. The molecule has 0 fully saturated rings. The first-order chi connectivity index (χ1) is 8.75. The van der Waals surface area contributed by atoms with Gasteiger partial charge in [-0.2, -0.15) is 11.3 Å². The van der Waals surface area contributed by atoms with Crippen molar-refractivity contribution >= 4 is 17.2 Å². The fourth-order valence-corrected chi connectivity index (χ4v) is 2.85. The van der Waals surface area contributed by atoms with E-state index in [4.69, 9.17) is 0 Å². The monoisotopic (exact) mass is 262 g/mol. The number of thiophene rings is 1. The molecule has 0 unspecified atom stereocenters. The number of fused-ring (bicyclic) bond motifs is 1. The van der Waals surface area contributed by atoms with Crippen LogP contribution in [0.4, 0.5) is 0 Å². The number of aryl methyl sites for hydroxylation is 1. The summed E-state index contributed by atoms with van der Waals surface area (Å²) in [6, 6.07) is 1.84. The van der Waals surface area contributed by atoms with Crippen molar-refractivity contribution in [2.75, 3.05) is 7.05 Å². The maximum absolute atomic E-state index is 12.1. The second-order valence-corrected chi connectivity index (χ2v) is 5.24. The fourth-order valence-electron chi connectivity index (χ4n) is 2.22. The number of carbonyl (C=O) groups is 1. The summed E-state index contributed by atoms with van der Waals surface area (Å²) in [6.45, 7) is 1.49. The SMILES string of the molecule is CN(Cc1nnc2n1CCC2)C(=O)c1ccsc1. The predicted octanol–water partition coefficient (Wildman–Crippen LogP) is 1.56. The van der Waals surface area contributed by atoms with E-state index in [1.807, 2.05) is 16.8 Å². The zero-order chi connectivity index (χ0) is 12.5. The largest absolute Gasteiger partial charge is 0.334 e. The first-order valence-electron chi connectivity index (χ1n) is 5.94. The lowest BCUT2D eigenvalue weighted by molar-refractivity contribution is 0.0780. The molecule has 94 valence electrons. The molecule has 3 rings (SSSR count). The zero-order valence-electron chi connectivity index (χ0n) is 10.2. The Morgan fingerprint density at radius 2 is 2.44 bits per heavy atom. The maximum atomic E-state index is 12.1. The molecule has 2 aromatic heterocycles. The molecule has 5 nitrogen and oxygen atoms in total. The van der Waals surface area contributed by atoms with Gasteiger partial charge in [0, 0.05) is 25.4 Å². The van der Waals surface area contributed by atoms with Crippen molar-refractivity contribution < 1.29 is 4.79 Å². The minimum absolute atomic E-state index is 0.0339. The molecule has 0 aliphatic carbocycles. The van der Waals surface area contributed by atoms with Crippen molar-refractivity contribution in [3.8, 4) is 0 Å². The standard InChI is InChI=1S/C12H14N4OS/c1-15(12(17)9-4-6-18-8-9)7-11-14-13-10-3-2-5-16(10)11/h4,6,8H,2-3,5,7H2,1H3. The summed E-state index contributed by atoms with van der Waals surface area (Å²) in [5.74, 6) is 1.96. The van der Waals surface area contributed by atoms with Crippen molar-refractivity contribution in [3.05, 3.63) is 34.0 Å². The van der Waals surface area contributed by atoms with Crippen molar-refractivity contribution in [3.63, 3.8) is 0 Å². The van der Waals surface area contributed by atoms with Gasteiger partial charge in [0.25, 0.3) is 5.91 Å². The van der Waals surface area contributed by atoms with Crippen LogP contribution >= 0.6 is 11.3 Å². The van der Waals surface area contributed by atoms with Gasteiger partial charge >= 0.3 is 0 Å². The number of amides is 1. The summed E-state index contributed by atoms with van der Waals surface area (Å²) in [5.41, 5.74) is 0.740. The van der Waals surface area contributed by atoms with Gasteiger partial charge in [0.15, 0.2) is 5.82 Å². The van der Waals surface area contributed by atoms with Crippen LogP contribution in [0.25, 0.3) is 0 Å². The molecular weight excluding hydrogens is 248 g/mol. The van der Waals surface area contributed by atoms with Crippen LogP contribution in [0.3, 0.4) is 0 Å². The number of carbonyl (C=O) groups excluding carboxylic acids is 1. The summed E-state index contributed by atoms with van der Waals surface area (Å²) in [7, 11) is 1.80. The molecule has 6 heteroatoms. The molecule has 0 N–H and O–H groups in total. The Morgan fingerprint density at radius 1 is 1.56 bits per heavy atom. The van der Waals surface area contributed by atoms with Crippen LogP contribution < -0.4 is 0 Å². The van der Waals surface area contributed by atoms with Crippen LogP contribution in [0.2, 0.25) is 0 Å². The molecule has 1 aliphatic heterocycles. The van der Waals surface area contributed by atoms with Gasteiger partial charge in [-0.1, -0.05) is 0 Å². The topological polar surface area (TPSA) is 51.0 Å². The van der Waals surface area contributed by atoms with Crippen LogP contribution in [0.15, 0.2) is 16.8 Å². The van der Waals surface area contributed by atoms with Gasteiger partial charge in [-0.15, -0.1) is 10.2 Å². The van der Waals surface area contributed by atoms with Gasteiger partial charge in [0.05, 0.1) is 12.1 Å². The van der Waals surface area contributed by atoms with E-state index < -0.39 is 0 Å². The first kappa shape index (κ1) is 11.4. The molecule has 0 aromatic carbocycles. The number of nitrogens with zero attached hydrogens (tertiary/aromatic N) is 4. The molecule has 0 bridgehead atoms. The average Bonchev–Trinajstić information content (AvgIpc) is 3.06. The van der Waals surface area contributed by atoms with Crippen LogP contribution in [-0.2, 0) is 19.5 Å². The van der Waals surface area contributed by atoms with E-state index >= 15 is 0 Å². The highest BCUT2D eigenvalue weighted by Gasteiger charge is 2.20. The molecule has 2 aromatic rings. The average molecular weight is 262 g/mol. The van der Waals surface area contributed by atoms with Crippen molar-refractivity contribution in [2.45, 2.75) is 25.9 Å². The second kappa shape index (κ2) is 4.53. The molecule has 0 spiro atoms. The van der Waals surface area contributed by atoms with E-state index in [0.717, 1.165) is 36.6 Å². The summed E-state index contributed by atoms with van der Waals surface area (Å²) < 4.78 is 2.12. The molecular formula is C12H14N4OS. The van der Waals surface area contributed by atoms with Crippen LogP contribution in [-0.4, -0.2) is 32.6 Å². The Balaban J connectivity index is 1.74. The highest BCUT2D eigenvalue weighted by Crippen LogP contribution is 2.16. The third kappa shape index (κ3) is 1.92. The molecule has 0 radical (unpaired) electrons. The summed E-state index contributed by atoms with van der Waals surface area (Å²) in [4.78, 5) is 13.8. The van der Waals surface area contributed by atoms with Gasteiger partial charge in [0.1, 0.15) is 5.82 Å². The third-order valence-corrected chi connectivity index (χ3v) is 3.86. The Morgan fingerprint density at radius 3 is 3.22 bits per heavy atom. The molecule has 18 heavy (non-hydrogen) atoms. The number of aromatic nitrogens is 3. The maximum Gasteiger partial charge on any atom is 0.254 e. The van der Waals surface area contributed by atoms with Gasteiger partial charge < -0.3 is 9.47 Å². The highest BCUT2D eigenvalue weighted by molar-refractivity contribution is 7.08. The zero-order valence-corrected chi connectivity index (χ0v) is 11.0. The van der Waals surface area contributed by atoms with Gasteiger partial charge in [-0.25, -0.2) is 0 Å². The van der Waals surface area contributed by atoms with Gasteiger partial charge in [0.2, 0.25) is 0 Å². The lowest BCUT2D eigenvalue weighted by atomic mass is 10.3. The molecule has 0 saturated carbocycles. The first-order valence-corrected chi connectivity index (χ1v) is 6.88. The normalized spacial score (nSPS) is 13.6. The Kier molecular flexibility index (Phi) is 2.87. The molecule has 1 aliphatic rings. The lowest BCUT2D eigenvalue weighted by Crippen LogP contribution is -2.27. The van der Waals surface area contributed by atoms with Crippen LogP contribution in [0.5, 0.6) is 0 Å². The van der Waals surface area contributed by atoms with E-state index in [-0.39, 0.29) is 5.91 Å².